The number of hydrogen-bond acceptors (Lipinski definition) is 3. The Morgan fingerprint density at radius 1 is 1.42 bits per heavy atom. The third-order valence-electron chi connectivity index (χ3n) is 3.05. The maximum absolute atomic E-state index is 13.4. The average molecular weight is 268 g/mol. The molecule has 0 aliphatic carbocycles. The Labute approximate surface area is 113 Å². The van der Waals surface area contributed by atoms with Crippen LogP contribution in [0, 0.1) is 5.82 Å². The average Bonchev–Trinajstić information content (AvgIpc) is 2.37. The Balaban J connectivity index is 2.57. The first-order valence-corrected chi connectivity index (χ1v) is 6.34. The van der Waals surface area contributed by atoms with Crippen molar-refractivity contribution in [2.75, 3.05) is 20.6 Å². The third kappa shape index (κ3) is 4.29. The van der Waals surface area contributed by atoms with Crippen molar-refractivity contribution in [2.45, 2.75) is 25.5 Å². The molecule has 1 aromatic carbocycles. The van der Waals surface area contributed by atoms with Gasteiger partial charge in [0.25, 0.3) is 0 Å². The van der Waals surface area contributed by atoms with E-state index in [1.165, 1.54) is 12.1 Å². The quantitative estimate of drug-likeness (QED) is 0.818. The van der Waals surface area contributed by atoms with Crippen LogP contribution in [0.25, 0.3) is 0 Å². The number of benzene rings is 1. The third-order valence-corrected chi connectivity index (χ3v) is 3.05. The van der Waals surface area contributed by atoms with Gasteiger partial charge in [-0.3, -0.25) is 9.69 Å². The number of nitrogens with zero attached hydrogens (tertiary/aromatic N) is 1. The summed E-state index contributed by atoms with van der Waals surface area (Å²) < 4.78 is 13.4. The second-order valence-electron chi connectivity index (χ2n) is 4.67. The molecule has 2 N–H and O–H groups in total. The van der Waals surface area contributed by atoms with E-state index in [2.05, 4.69) is 5.32 Å². The minimum Gasteiger partial charge on any atom is -0.386 e. The van der Waals surface area contributed by atoms with Gasteiger partial charge in [-0.25, -0.2) is 4.39 Å². The molecular weight excluding hydrogens is 247 g/mol. The molecule has 2 unspecified atom stereocenters. The summed E-state index contributed by atoms with van der Waals surface area (Å²) >= 11 is 0. The summed E-state index contributed by atoms with van der Waals surface area (Å²) in [4.78, 5) is 13.7. The van der Waals surface area contributed by atoms with E-state index in [1.54, 1.807) is 12.1 Å². The van der Waals surface area contributed by atoms with E-state index in [0.717, 1.165) is 0 Å². The van der Waals surface area contributed by atoms with E-state index in [4.69, 9.17) is 0 Å². The Morgan fingerprint density at radius 2 is 2.05 bits per heavy atom. The van der Waals surface area contributed by atoms with Crippen molar-refractivity contribution < 1.29 is 14.3 Å². The van der Waals surface area contributed by atoms with E-state index in [0.29, 0.717) is 6.42 Å². The molecule has 0 aliphatic rings. The lowest BCUT2D eigenvalue weighted by atomic mass is 10.1. The van der Waals surface area contributed by atoms with Crippen LogP contribution < -0.4 is 5.32 Å². The molecule has 0 aromatic heterocycles. The topological polar surface area (TPSA) is 52.6 Å². The second kappa shape index (κ2) is 7.21. The van der Waals surface area contributed by atoms with Gasteiger partial charge >= 0.3 is 0 Å². The van der Waals surface area contributed by atoms with Gasteiger partial charge in [0, 0.05) is 12.1 Å². The van der Waals surface area contributed by atoms with Gasteiger partial charge < -0.3 is 10.4 Å². The molecule has 0 saturated carbocycles. The molecule has 4 nitrogen and oxygen atoms in total. The molecule has 0 saturated heterocycles. The molecule has 1 aromatic rings. The standard InChI is InChI=1S/C14H21FN2O2/c1-4-12(17(2)3)14(19)16-9-13(18)10-7-5-6-8-11(10)15/h5-8,12-13,18H,4,9H2,1-3H3,(H,16,19). The van der Waals surface area contributed by atoms with Gasteiger partial charge in [0.15, 0.2) is 0 Å². The fourth-order valence-corrected chi connectivity index (χ4v) is 1.96. The van der Waals surface area contributed by atoms with Gasteiger partial charge in [0.1, 0.15) is 5.82 Å². The van der Waals surface area contributed by atoms with Gasteiger partial charge in [-0.05, 0) is 26.6 Å². The van der Waals surface area contributed by atoms with Gasteiger partial charge in [-0.1, -0.05) is 25.1 Å². The van der Waals surface area contributed by atoms with E-state index in [9.17, 15) is 14.3 Å². The van der Waals surface area contributed by atoms with Crippen molar-refractivity contribution >= 4 is 5.91 Å². The van der Waals surface area contributed by atoms with Crippen LogP contribution in [-0.2, 0) is 4.79 Å². The van der Waals surface area contributed by atoms with Gasteiger partial charge in [0.2, 0.25) is 5.91 Å². The maximum Gasteiger partial charge on any atom is 0.237 e. The van der Waals surface area contributed by atoms with Crippen LogP contribution in [0.5, 0.6) is 0 Å². The second-order valence-corrected chi connectivity index (χ2v) is 4.67. The SMILES string of the molecule is CCC(C(=O)NCC(O)c1ccccc1F)N(C)C. The van der Waals surface area contributed by atoms with E-state index < -0.39 is 11.9 Å². The molecule has 0 fully saturated rings. The summed E-state index contributed by atoms with van der Waals surface area (Å²) in [5.41, 5.74) is 0.195. The molecule has 1 rings (SSSR count). The van der Waals surface area contributed by atoms with Crippen molar-refractivity contribution in [2.24, 2.45) is 0 Å². The fourth-order valence-electron chi connectivity index (χ4n) is 1.96. The molecule has 19 heavy (non-hydrogen) atoms. The largest absolute Gasteiger partial charge is 0.386 e. The van der Waals surface area contributed by atoms with E-state index >= 15 is 0 Å². The van der Waals surface area contributed by atoms with Crippen molar-refractivity contribution in [3.05, 3.63) is 35.6 Å². The van der Waals surface area contributed by atoms with Gasteiger partial charge in [-0.15, -0.1) is 0 Å². The molecule has 1 amide bonds. The number of aliphatic hydroxyl groups is 1. The monoisotopic (exact) mass is 268 g/mol. The molecule has 0 radical (unpaired) electrons. The zero-order valence-electron chi connectivity index (χ0n) is 11.6. The predicted molar refractivity (Wildman–Crippen MR) is 72.1 cm³/mol. The first-order valence-electron chi connectivity index (χ1n) is 6.34. The Hall–Kier alpha value is -1.46. The summed E-state index contributed by atoms with van der Waals surface area (Å²) in [6.07, 6.45) is -0.362. The molecule has 2 atom stereocenters. The number of rotatable bonds is 6. The zero-order valence-corrected chi connectivity index (χ0v) is 11.6. The number of hydrogen-bond donors (Lipinski definition) is 2. The molecule has 0 heterocycles. The van der Waals surface area contributed by atoms with Gasteiger partial charge in [0.05, 0.1) is 12.1 Å². The molecule has 106 valence electrons. The number of carbonyl (C=O) groups is 1. The Kier molecular flexibility index (Phi) is 5.92. The highest BCUT2D eigenvalue weighted by Crippen LogP contribution is 2.15. The first-order chi connectivity index (χ1) is 8.97. The van der Waals surface area contributed by atoms with Crippen LogP contribution >= 0.6 is 0 Å². The Bertz CT molecular complexity index is 424. The van der Waals surface area contributed by atoms with Crippen LogP contribution in [0.3, 0.4) is 0 Å². The highest BCUT2D eigenvalue weighted by Gasteiger charge is 2.20. The number of nitrogens with one attached hydrogen (secondary N) is 1. The van der Waals surface area contributed by atoms with Crippen LogP contribution in [0.15, 0.2) is 24.3 Å². The molecular formula is C14H21FN2O2. The van der Waals surface area contributed by atoms with Crippen LogP contribution in [-0.4, -0.2) is 42.6 Å². The van der Waals surface area contributed by atoms with Crippen LogP contribution in [0.4, 0.5) is 4.39 Å². The maximum atomic E-state index is 13.4. The van der Waals surface area contributed by atoms with Crippen molar-refractivity contribution in [1.29, 1.82) is 0 Å². The number of aliphatic hydroxyl groups excluding tert-OH is 1. The van der Waals surface area contributed by atoms with Crippen molar-refractivity contribution in [3.63, 3.8) is 0 Å². The van der Waals surface area contributed by atoms with E-state index in [-0.39, 0.29) is 24.1 Å². The smallest absolute Gasteiger partial charge is 0.237 e. The molecule has 0 bridgehead atoms. The minimum atomic E-state index is -1.04. The Morgan fingerprint density at radius 3 is 2.58 bits per heavy atom. The lowest BCUT2D eigenvalue weighted by molar-refractivity contribution is -0.126. The first kappa shape index (κ1) is 15.6. The summed E-state index contributed by atoms with van der Waals surface area (Å²) in [5.74, 6) is -0.633. The number of carbonyl (C=O) groups excluding carboxylic acids is 1. The fraction of sp³-hybridized carbons (Fsp3) is 0.500. The molecule has 0 spiro atoms. The molecule has 5 heteroatoms. The highest BCUT2D eigenvalue weighted by atomic mass is 19.1. The summed E-state index contributed by atoms with van der Waals surface area (Å²) in [6, 6.07) is 5.76. The zero-order chi connectivity index (χ0) is 14.4. The minimum absolute atomic E-state index is 0.00407. The lowest BCUT2D eigenvalue weighted by Gasteiger charge is -2.22. The summed E-state index contributed by atoms with van der Waals surface area (Å²) in [6.45, 7) is 1.92. The van der Waals surface area contributed by atoms with Crippen molar-refractivity contribution in [3.8, 4) is 0 Å². The summed E-state index contributed by atoms with van der Waals surface area (Å²) in [5, 5.41) is 12.5. The molecule has 0 aliphatic heterocycles. The van der Waals surface area contributed by atoms with E-state index in [1.807, 2.05) is 25.9 Å². The number of likely N-dealkylation sites (N-methyl/N-ethyl adjacent to an activating group) is 1. The number of amides is 1. The highest BCUT2D eigenvalue weighted by molar-refractivity contribution is 5.81. The van der Waals surface area contributed by atoms with Crippen LogP contribution in [0.1, 0.15) is 25.0 Å². The predicted octanol–water partition coefficient (Wildman–Crippen LogP) is 1.32. The van der Waals surface area contributed by atoms with Gasteiger partial charge in [-0.2, -0.15) is 0 Å². The normalized spacial score (nSPS) is 14.2. The lowest BCUT2D eigenvalue weighted by Crippen LogP contribution is -2.44. The summed E-state index contributed by atoms with van der Waals surface area (Å²) in [7, 11) is 3.64. The van der Waals surface area contributed by atoms with Crippen molar-refractivity contribution in [1.82, 2.24) is 10.2 Å². The van der Waals surface area contributed by atoms with Crippen LogP contribution in [0.2, 0.25) is 0 Å². The number of halogens is 1.